The molecule has 5 atom stereocenters. The summed E-state index contributed by atoms with van der Waals surface area (Å²) in [4.78, 5) is 76.9. The highest BCUT2D eigenvalue weighted by atomic mass is 19.1. The molecule has 48 heavy (non-hydrogen) atoms. The molecule has 1 aromatic rings. The molecule has 0 spiro atoms. The average Bonchev–Trinajstić information content (AvgIpc) is 2.94. The molecule has 0 bridgehead atoms. The van der Waals surface area contributed by atoms with E-state index in [1.807, 2.05) is 0 Å². The summed E-state index contributed by atoms with van der Waals surface area (Å²) in [6.45, 7) is 4.70. The molecule has 17 heteroatoms. The molecule has 3 aliphatic rings. The van der Waals surface area contributed by atoms with E-state index in [9.17, 15) is 54.3 Å². The largest absolute Gasteiger partial charge is 0.508 e. The van der Waals surface area contributed by atoms with Gasteiger partial charge in [-0.25, -0.2) is 14.0 Å². The first-order valence-electron chi connectivity index (χ1n) is 14.8. The number of alkyl carbamates (subject to hydrolysis) is 1. The molecule has 0 radical (unpaired) electrons. The number of carbonyl (C=O) groups excluding carboxylic acids is 5. The molecule has 1 aromatic carbocycles. The fraction of sp³-hybridized carbons (Fsp3) is 0.484. The number of aromatic hydroxyl groups is 1. The quantitative estimate of drug-likeness (QED) is 0.140. The van der Waals surface area contributed by atoms with Crippen molar-refractivity contribution in [2.75, 3.05) is 19.4 Å². The van der Waals surface area contributed by atoms with Gasteiger partial charge in [0.05, 0.1) is 17.3 Å². The third-order valence-corrected chi connectivity index (χ3v) is 8.59. The number of anilines is 1. The number of Topliss-reactive ketones (excluding diaryl/α,β-unsaturated/α-hetero) is 2. The Hall–Kier alpha value is -5.03. The zero-order valence-corrected chi connectivity index (χ0v) is 26.7. The number of carboxylic acids is 1. The summed E-state index contributed by atoms with van der Waals surface area (Å²) in [6.07, 6.45) is -2.55. The topological polar surface area (TPSA) is 266 Å². The number of aliphatic hydroxyl groups is 3. The van der Waals surface area contributed by atoms with E-state index in [2.05, 4.69) is 10.6 Å². The number of primary amides is 1. The maximum Gasteiger partial charge on any atom is 0.408 e. The van der Waals surface area contributed by atoms with Crippen LogP contribution in [0.5, 0.6) is 5.75 Å². The minimum atomic E-state index is -2.89. The van der Waals surface area contributed by atoms with E-state index in [1.54, 1.807) is 20.8 Å². The molecule has 0 unspecified atom stereocenters. The third kappa shape index (κ3) is 6.17. The molecule has 0 aromatic heterocycles. The predicted molar refractivity (Wildman–Crippen MR) is 163 cm³/mol. The first-order valence-corrected chi connectivity index (χ1v) is 14.8. The lowest BCUT2D eigenvalue weighted by molar-refractivity contribution is -0.153. The van der Waals surface area contributed by atoms with Gasteiger partial charge in [-0.15, -0.1) is 0 Å². The van der Waals surface area contributed by atoms with Crippen molar-refractivity contribution >= 4 is 46.9 Å². The van der Waals surface area contributed by atoms with Crippen molar-refractivity contribution in [2.45, 2.75) is 69.7 Å². The van der Waals surface area contributed by atoms with Gasteiger partial charge < -0.3 is 46.6 Å². The highest BCUT2D eigenvalue weighted by Crippen LogP contribution is 2.53. The van der Waals surface area contributed by atoms with Crippen LogP contribution in [0, 0.1) is 17.7 Å². The highest BCUT2D eigenvalue weighted by molar-refractivity contribution is 6.24. The fourth-order valence-corrected chi connectivity index (χ4v) is 6.56. The maximum absolute atomic E-state index is 15.5. The van der Waals surface area contributed by atoms with Crippen LogP contribution in [0.1, 0.15) is 51.2 Å². The number of likely N-dealkylation sites (N-methyl/N-ethyl adjacent to an activating group) is 1. The predicted octanol–water partition coefficient (Wildman–Crippen LogP) is 0.800. The average molecular weight is 677 g/mol. The molecular formula is C31H37FN4O12. The number of aliphatic carboxylic acids is 1. The van der Waals surface area contributed by atoms with E-state index in [-0.39, 0.29) is 18.4 Å². The summed E-state index contributed by atoms with van der Waals surface area (Å²) in [7, 11) is 2.89. The maximum atomic E-state index is 15.5. The Morgan fingerprint density at radius 2 is 1.79 bits per heavy atom. The summed E-state index contributed by atoms with van der Waals surface area (Å²) < 4.78 is 20.6. The van der Waals surface area contributed by atoms with Crippen LogP contribution in [0.4, 0.5) is 14.9 Å². The summed E-state index contributed by atoms with van der Waals surface area (Å²) in [5.74, 6) is -12.5. The number of phenolic OH excluding ortho intramolecular Hbond substituents is 1. The number of hydrogen-bond acceptors (Lipinski definition) is 12. The molecule has 0 saturated heterocycles. The van der Waals surface area contributed by atoms with Crippen LogP contribution in [0.15, 0.2) is 23.0 Å². The normalized spacial score (nSPS) is 24.4. The number of ketones is 2. The van der Waals surface area contributed by atoms with Crippen molar-refractivity contribution < 1.29 is 63.4 Å². The SMILES string of the molecule is CN(C)[C@@H]1C(=O)C(C(N)=O)=C(O)[C@@]2(O)C(=O)C3=C(O)c4c(O)c(NC(=O)CC[C@H](NC(=O)OC(C)(C)C)C(=O)O)cc(F)c4C[C@H]3C[C@@H]12. The molecular weight excluding hydrogens is 639 g/mol. The van der Waals surface area contributed by atoms with Gasteiger partial charge in [0.2, 0.25) is 11.7 Å². The number of benzene rings is 1. The number of halogens is 1. The smallest absolute Gasteiger partial charge is 0.408 e. The van der Waals surface area contributed by atoms with Crippen LogP contribution in [0.2, 0.25) is 0 Å². The number of ether oxygens (including phenoxy) is 1. The van der Waals surface area contributed by atoms with Crippen molar-refractivity contribution in [3.8, 4) is 5.75 Å². The second kappa shape index (κ2) is 12.5. The Labute approximate surface area is 273 Å². The summed E-state index contributed by atoms with van der Waals surface area (Å²) in [5, 5.41) is 58.8. The van der Waals surface area contributed by atoms with E-state index in [0.29, 0.717) is 0 Å². The van der Waals surface area contributed by atoms with E-state index in [0.717, 1.165) is 6.07 Å². The van der Waals surface area contributed by atoms with Crippen molar-refractivity contribution in [2.24, 2.45) is 17.6 Å². The monoisotopic (exact) mass is 676 g/mol. The van der Waals surface area contributed by atoms with Gasteiger partial charge in [0.1, 0.15) is 34.6 Å². The zero-order chi connectivity index (χ0) is 36.2. The van der Waals surface area contributed by atoms with E-state index < -0.39 is 129 Å². The summed E-state index contributed by atoms with van der Waals surface area (Å²) in [5.41, 5.74) is -1.39. The second-order valence-corrected chi connectivity index (χ2v) is 13.2. The minimum Gasteiger partial charge on any atom is -0.508 e. The third-order valence-electron chi connectivity index (χ3n) is 8.59. The molecule has 0 heterocycles. The van der Waals surface area contributed by atoms with E-state index in [4.69, 9.17) is 10.5 Å². The van der Waals surface area contributed by atoms with E-state index in [1.165, 1.54) is 19.0 Å². The van der Waals surface area contributed by atoms with Gasteiger partial charge in [-0.2, -0.15) is 0 Å². The van der Waals surface area contributed by atoms with Gasteiger partial charge in [-0.1, -0.05) is 0 Å². The molecule has 3 aliphatic carbocycles. The molecule has 260 valence electrons. The standard InChI is InChI=1S/C31H37FN4O12/c1-30(2,3)48-29(46)35-15(28(44)45)6-7-17(37)34-16-10-14(32)12-8-11-9-13-21(36(4)5)24(40)20(27(33)43)26(42)31(13,47)25(41)18(11)23(39)19(12)22(16)38/h10-11,13,15,21,38-39,42,47H,6-9H2,1-5H3,(H2,33,43)(H,34,37)(H,35,46)(H,44,45)/t11-,13-,15-,21-,31-/m0/s1. The number of rotatable bonds is 8. The molecule has 16 nitrogen and oxygen atoms in total. The van der Waals surface area contributed by atoms with Crippen molar-refractivity contribution in [1.29, 1.82) is 0 Å². The molecule has 0 aliphatic heterocycles. The van der Waals surface area contributed by atoms with Gasteiger partial charge in [0.25, 0.3) is 5.91 Å². The Kier molecular flexibility index (Phi) is 9.35. The number of hydrogen-bond donors (Lipinski definition) is 8. The molecule has 1 saturated carbocycles. The van der Waals surface area contributed by atoms with Gasteiger partial charge in [0.15, 0.2) is 17.1 Å². The molecule has 9 N–H and O–H groups in total. The van der Waals surface area contributed by atoms with Crippen LogP contribution in [-0.2, 0) is 35.1 Å². The van der Waals surface area contributed by atoms with Crippen molar-refractivity contribution in [3.63, 3.8) is 0 Å². The van der Waals surface area contributed by atoms with Gasteiger partial charge in [-0.05, 0) is 60.0 Å². The molecule has 3 amide bonds. The number of phenols is 1. The second-order valence-electron chi connectivity index (χ2n) is 13.2. The molecule has 1 fully saturated rings. The highest BCUT2D eigenvalue weighted by Gasteiger charge is 2.64. The Balaban J connectivity index is 1.66. The van der Waals surface area contributed by atoms with Gasteiger partial charge in [-0.3, -0.25) is 24.1 Å². The number of fused-ring (bicyclic) bond motifs is 3. The van der Waals surface area contributed by atoms with Crippen LogP contribution in [0.3, 0.4) is 0 Å². The zero-order valence-electron chi connectivity index (χ0n) is 26.7. The number of carbonyl (C=O) groups is 6. The number of nitrogens with one attached hydrogen (secondary N) is 2. The lowest BCUT2D eigenvalue weighted by Gasteiger charge is -2.50. The van der Waals surface area contributed by atoms with Gasteiger partial charge >= 0.3 is 12.1 Å². The van der Waals surface area contributed by atoms with Crippen LogP contribution in [-0.4, -0.2) is 103 Å². The van der Waals surface area contributed by atoms with Crippen LogP contribution in [0.25, 0.3) is 5.76 Å². The van der Waals surface area contributed by atoms with Crippen LogP contribution < -0.4 is 16.4 Å². The lowest BCUT2D eigenvalue weighted by atomic mass is 9.57. The number of nitrogens with two attached hydrogens (primary N) is 1. The number of nitrogens with zero attached hydrogens (tertiary/aromatic N) is 1. The first kappa shape index (κ1) is 35.8. The number of aliphatic hydroxyl groups excluding tert-OH is 2. The Morgan fingerprint density at radius 3 is 2.33 bits per heavy atom. The van der Waals surface area contributed by atoms with Gasteiger partial charge in [0, 0.05) is 29.5 Å². The number of amides is 3. The summed E-state index contributed by atoms with van der Waals surface area (Å²) in [6, 6.07) is -2.09. The summed E-state index contributed by atoms with van der Waals surface area (Å²) >= 11 is 0. The fourth-order valence-electron chi connectivity index (χ4n) is 6.56. The first-order chi connectivity index (χ1) is 22.1. The lowest BCUT2D eigenvalue weighted by Crippen LogP contribution is -2.65. The van der Waals surface area contributed by atoms with E-state index >= 15 is 4.39 Å². The van der Waals surface area contributed by atoms with Crippen molar-refractivity contribution in [1.82, 2.24) is 10.2 Å². The van der Waals surface area contributed by atoms with Crippen molar-refractivity contribution in [3.05, 3.63) is 39.9 Å². The Bertz CT molecular complexity index is 1690. The number of carboxylic acid groups (broad SMARTS) is 1. The van der Waals surface area contributed by atoms with Crippen LogP contribution >= 0.6 is 0 Å². The minimum absolute atomic E-state index is 0.244. The Morgan fingerprint density at radius 1 is 1.17 bits per heavy atom. The molecule has 4 rings (SSSR count).